The largest absolute Gasteiger partial charge is 0.282 e. The van der Waals surface area contributed by atoms with E-state index >= 15 is 0 Å². The van der Waals surface area contributed by atoms with Crippen LogP contribution < -0.4 is 0 Å². The summed E-state index contributed by atoms with van der Waals surface area (Å²) in [6.45, 7) is 12.9. The van der Waals surface area contributed by atoms with Gasteiger partial charge in [-0.25, -0.2) is 0 Å². The fourth-order valence-corrected chi connectivity index (χ4v) is 6.77. The molecule has 6 heteroatoms. The van der Waals surface area contributed by atoms with E-state index in [2.05, 4.69) is 0 Å². The van der Waals surface area contributed by atoms with Crippen LogP contribution in [0.4, 0.5) is 0 Å². The third kappa shape index (κ3) is 2.42. The van der Waals surface area contributed by atoms with Gasteiger partial charge in [0.1, 0.15) is 0 Å². The molecule has 2 saturated carbocycles. The van der Waals surface area contributed by atoms with Gasteiger partial charge in [0, 0.05) is 24.9 Å². The number of hydrogen-bond acceptors (Lipinski definition) is 4. The first-order chi connectivity index (χ1) is 13.8. The molecule has 4 rings (SSSR count). The van der Waals surface area contributed by atoms with Crippen LogP contribution in [0.3, 0.4) is 0 Å². The highest BCUT2D eigenvalue weighted by Gasteiger charge is 2.65. The van der Waals surface area contributed by atoms with Crippen molar-refractivity contribution in [1.82, 2.24) is 9.80 Å². The van der Waals surface area contributed by atoms with E-state index in [1.165, 1.54) is 9.80 Å². The first-order valence-corrected chi connectivity index (χ1v) is 11.5. The smallest absolute Gasteiger partial charge is 0.235 e. The van der Waals surface area contributed by atoms with Crippen molar-refractivity contribution in [2.45, 2.75) is 80.1 Å². The fourth-order valence-electron chi connectivity index (χ4n) is 6.77. The third-order valence-corrected chi connectivity index (χ3v) is 10.0. The number of unbranched alkanes of at least 4 members (excludes halogenated alkanes) is 1. The number of amides is 4. The molecule has 4 aliphatic rings. The van der Waals surface area contributed by atoms with Crippen molar-refractivity contribution in [3.05, 3.63) is 0 Å². The number of hydrogen-bond donors (Lipinski definition) is 0. The summed E-state index contributed by atoms with van der Waals surface area (Å²) in [5.74, 6) is -0.381. The number of carbonyl (C=O) groups excluding carboxylic acids is 4. The Labute approximate surface area is 179 Å². The molecule has 4 fully saturated rings. The van der Waals surface area contributed by atoms with Gasteiger partial charge >= 0.3 is 0 Å². The van der Waals surface area contributed by atoms with Gasteiger partial charge < -0.3 is 0 Å². The number of piperidine rings is 2. The van der Waals surface area contributed by atoms with E-state index in [-0.39, 0.29) is 46.3 Å². The van der Waals surface area contributed by atoms with Gasteiger partial charge in [-0.15, -0.1) is 0 Å². The van der Waals surface area contributed by atoms with Crippen LogP contribution in [0.15, 0.2) is 0 Å². The predicted octanol–water partition coefficient (Wildman–Crippen LogP) is 3.39. The highest BCUT2D eigenvalue weighted by Crippen LogP contribution is 2.61. The van der Waals surface area contributed by atoms with Gasteiger partial charge in [-0.1, -0.05) is 41.5 Å². The summed E-state index contributed by atoms with van der Waals surface area (Å²) in [6, 6.07) is 0. The van der Waals surface area contributed by atoms with E-state index in [1.807, 2.05) is 41.5 Å². The van der Waals surface area contributed by atoms with Crippen molar-refractivity contribution in [2.24, 2.45) is 33.5 Å². The molecule has 0 radical (unpaired) electrons. The third-order valence-electron chi connectivity index (χ3n) is 10.0. The highest BCUT2D eigenvalue weighted by atomic mass is 16.2. The number of nitrogens with zero attached hydrogens (tertiary/aromatic N) is 2. The van der Waals surface area contributed by atoms with Crippen LogP contribution in [0.2, 0.25) is 0 Å². The average molecular weight is 417 g/mol. The molecule has 4 atom stereocenters. The number of fused-ring (bicyclic) bond motifs is 4. The molecular formula is C24H36N2O4. The number of rotatable bonds is 5. The lowest BCUT2D eigenvalue weighted by Crippen LogP contribution is -2.59. The molecule has 0 aromatic carbocycles. The molecule has 2 aliphatic carbocycles. The Kier molecular flexibility index (Phi) is 4.58. The zero-order valence-corrected chi connectivity index (χ0v) is 19.3. The number of likely N-dealkylation sites (tertiary alicyclic amines) is 2. The van der Waals surface area contributed by atoms with Crippen molar-refractivity contribution in [3.63, 3.8) is 0 Å². The maximum absolute atomic E-state index is 13.1. The lowest BCUT2D eigenvalue weighted by atomic mass is 9.62. The van der Waals surface area contributed by atoms with Crippen LogP contribution >= 0.6 is 0 Å². The minimum atomic E-state index is -0.482. The molecule has 0 N–H and O–H groups in total. The second-order valence-electron chi connectivity index (χ2n) is 11.6. The van der Waals surface area contributed by atoms with Crippen LogP contribution in [0.5, 0.6) is 0 Å². The zero-order chi connectivity index (χ0) is 22.3. The molecule has 0 aromatic rings. The van der Waals surface area contributed by atoms with Crippen molar-refractivity contribution < 1.29 is 19.2 Å². The Morgan fingerprint density at radius 3 is 1.33 bits per heavy atom. The first kappa shape index (κ1) is 21.5. The van der Waals surface area contributed by atoms with Gasteiger partial charge in [-0.05, 0) is 49.4 Å². The molecule has 6 nitrogen and oxygen atoms in total. The Morgan fingerprint density at radius 2 is 1.00 bits per heavy atom. The predicted molar refractivity (Wildman–Crippen MR) is 112 cm³/mol. The van der Waals surface area contributed by atoms with Gasteiger partial charge in [-0.2, -0.15) is 0 Å². The average Bonchev–Trinajstić information content (AvgIpc) is 2.97. The molecule has 2 aliphatic heterocycles. The number of imide groups is 2. The van der Waals surface area contributed by atoms with Crippen molar-refractivity contribution >= 4 is 23.6 Å². The van der Waals surface area contributed by atoms with E-state index in [4.69, 9.17) is 0 Å². The molecule has 2 saturated heterocycles. The van der Waals surface area contributed by atoms with Crippen molar-refractivity contribution in [3.8, 4) is 0 Å². The Morgan fingerprint density at radius 1 is 0.667 bits per heavy atom. The maximum atomic E-state index is 13.1. The lowest BCUT2D eigenvalue weighted by molar-refractivity contribution is -0.170. The molecular weight excluding hydrogens is 380 g/mol. The summed E-state index contributed by atoms with van der Waals surface area (Å²) < 4.78 is 0. The van der Waals surface area contributed by atoms with Crippen molar-refractivity contribution in [1.29, 1.82) is 0 Å². The summed E-state index contributed by atoms with van der Waals surface area (Å²) in [5.41, 5.74) is -1.56. The SMILES string of the molecule is CC1(C)[C@H]2CC[C@@]1(C)C(=O)N(CCCCN1C(=O)[C@@H]3CC[C@](C)(C1=O)C3(C)C)C2=O. The minimum Gasteiger partial charge on any atom is -0.282 e. The second kappa shape index (κ2) is 6.39. The van der Waals surface area contributed by atoms with Crippen LogP contribution in [-0.2, 0) is 19.2 Å². The normalized spacial score (nSPS) is 39.3. The molecule has 0 unspecified atom stereocenters. The molecule has 4 bridgehead atoms. The summed E-state index contributed by atoms with van der Waals surface area (Å²) in [5, 5.41) is 0. The van der Waals surface area contributed by atoms with Gasteiger partial charge in [0.2, 0.25) is 23.6 Å². The van der Waals surface area contributed by atoms with E-state index in [0.717, 1.165) is 25.7 Å². The van der Waals surface area contributed by atoms with Crippen LogP contribution in [0, 0.1) is 33.5 Å². The van der Waals surface area contributed by atoms with E-state index in [0.29, 0.717) is 25.9 Å². The lowest BCUT2D eigenvalue weighted by Gasteiger charge is -2.48. The monoisotopic (exact) mass is 416 g/mol. The standard InChI is InChI=1S/C24H36N2O4/c1-21(2)15-9-11-23(21,5)19(29)25(17(15)27)13-7-8-14-26-18(28)16-10-12-24(6,20(26)30)22(16,3)4/h15-16H,7-14H2,1-6H3/t15-,16-,23-,24+/m0/s1. The Balaban J connectivity index is 1.38. The van der Waals surface area contributed by atoms with Crippen LogP contribution in [0.1, 0.15) is 80.1 Å². The highest BCUT2D eigenvalue weighted by molar-refractivity contribution is 6.04. The fraction of sp³-hybridized carbons (Fsp3) is 0.833. The van der Waals surface area contributed by atoms with E-state index in [9.17, 15) is 19.2 Å². The summed E-state index contributed by atoms with van der Waals surface area (Å²) in [6.07, 6.45) is 4.30. The van der Waals surface area contributed by atoms with Crippen molar-refractivity contribution in [2.75, 3.05) is 13.1 Å². The zero-order valence-electron chi connectivity index (χ0n) is 19.3. The van der Waals surface area contributed by atoms with Gasteiger partial charge in [-0.3, -0.25) is 29.0 Å². The second-order valence-corrected chi connectivity index (χ2v) is 11.6. The number of carbonyl (C=O) groups is 4. The molecule has 0 aromatic heterocycles. The molecule has 166 valence electrons. The summed E-state index contributed by atoms with van der Waals surface area (Å²) in [4.78, 5) is 55.1. The summed E-state index contributed by atoms with van der Waals surface area (Å²) in [7, 11) is 0. The molecule has 30 heavy (non-hydrogen) atoms. The van der Waals surface area contributed by atoms with Crippen LogP contribution in [-0.4, -0.2) is 46.5 Å². The van der Waals surface area contributed by atoms with Gasteiger partial charge in [0.25, 0.3) is 0 Å². The van der Waals surface area contributed by atoms with Crippen LogP contribution in [0.25, 0.3) is 0 Å². The maximum Gasteiger partial charge on any atom is 0.235 e. The first-order valence-electron chi connectivity index (χ1n) is 11.5. The summed E-state index contributed by atoms with van der Waals surface area (Å²) >= 11 is 0. The molecule has 4 amide bonds. The Hall–Kier alpha value is -1.72. The molecule has 0 spiro atoms. The Bertz CT molecular complexity index is 763. The van der Waals surface area contributed by atoms with Gasteiger partial charge in [0.05, 0.1) is 10.8 Å². The van der Waals surface area contributed by atoms with E-state index < -0.39 is 10.8 Å². The topological polar surface area (TPSA) is 74.8 Å². The molecule has 2 heterocycles. The van der Waals surface area contributed by atoms with Gasteiger partial charge in [0.15, 0.2) is 0 Å². The van der Waals surface area contributed by atoms with E-state index in [1.54, 1.807) is 0 Å². The quantitative estimate of drug-likeness (QED) is 0.509. The minimum absolute atomic E-state index is 0.0441.